The average Bonchev–Trinajstić information content (AvgIpc) is 3.06. The number of hydrogen-bond acceptors (Lipinski definition) is 4. The van der Waals surface area contributed by atoms with Crippen molar-refractivity contribution in [1.82, 2.24) is 19.7 Å². The molecular formula is C15H15N5. The first kappa shape index (κ1) is 11.4. The molecule has 20 heavy (non-hydrogen) atoms. The van der Waals surface area contributed by atoms with Crippen LogP contribution < -0.4 is 5.32 Å². The normalized spacial score (nSPS) is 13.7. The predicted octanol–water partition coefficient (Wildman–Crippen LogP) is 2.60. The van der Waals surface area contributed by atoms with Crippen molar-refractivity contribution in [3.63, 3.8) is 0 Å². The number of hydrogen-bond donors (Lipinski definition) is 1. The monoisotopic (exact) mass is 265 g/mol. The van der Waals surface area contributed by atoms with Gasteiger partial charge in [-0.25, -0.2) is 9.97 Å². The first-order valence-electron chi connectivity index (χ1n) is 6.83. The molecule has 4 rings (SSSR count). The molecule has 0 saturated heterocycles. The van der Waals surface area contributed by atoms with Crippen LogP contribution in [0, 0.1) is 0 Å². The zero-order valence-electron chi connectivity index (χ0n) is 11.3. The molecule has 5 heteroatoms. The highest BCUT2D eigenvalue weighted by Gasteiger charge is 2.12. The van der Waals surface area contributed by atoms with Gasteiger partial charge in [-0.3, -0.25) is 4.68 Å². The minimum atomic E-state index is 0.807. The van der Waals surface area contributed by atoms with Crippen LogP contribution in [-0.4, -0.2) is 19.7 Å². The van der Waals surface area contributed by atoms with E-state index in [9.17, 15) is 0 Å². The van der Waals surface area contributed by atoms with Crippen molar-refractivity contribution < 1.29 is 0 Å². The number of rotatable bonds is 2. The van der Waals surface area contributed by atoms with Crippen LogP contribution in [0.25, 0.3) is 11.0 Å². The lowest BCUT2D eigenvalue weighted by Gasteiger charge is -2.08. The highest BCUT2D eigenvalue weighted by molar-refractivity contribution is 5.88. The quantitative estimate of drug-likeness (QED) is 0.773. The summed E-state index contributed by atoms with van der Waals surface area (Å²) in [6.07, 6.45) is 7.01. The predicted molar refractivity (Wildman–Crippen MR) is 78.1 cm³/mol. The van der Waals surface area contributed by atoms with Gasteiger partial charge < -0.3 is 5.32 Å². The molecule has 5 nitrogen and oxygen atoms in total. The van der Waals surface area contributed by atoms with Crippen LogP contribution in [0.15, 0.2) is 30.7 Å². The Bertz CT molecular complexity index is 790. The van der Waals surface area contributed by atoms with Gasteiger partial charge in [0, 0.05) is 12.7 Å². The van der Waals surface area contributed by atoms with Gasteiger partial charge in [-0.15, -0.1) is 0 Å². The number of anilines is 2. The molecule has 100 valence electrons. The van der Waals surface area contributed by atoms with Gasteiger partial charge >= 0.3 is 0 Å². The third kappa shape index (κ3) is 1.74. The maximum atomic E-state index is 4.33. The highest BCUT2D eigenvalue weighted by atomic mass is 15.3. The summed E-state index contributed by atoms with van der Waals surface area (Å²) in [6.45, 7) is 0. The fraction of sp³-hybridized carbons (Fsp3) is 0.267. The molecule has 1 aliphatic rings. The molecule has 1 aliphatic carbocycles. The maximum Gasteiger partial charge on any atom is 0.163 e. The molecule has 0 aliphatic heterocycles. The summed E-state index contributed by atoms with van der Waals surface area (Å²) in [7, 11) is 1.88. The van der Waals surface area contributed by atoms with Gasteiger partial charge in [-0.1, -0.05) is 6.07 Å². The molecule has 0 unspecified atom stereocenters. The lowest BCUT2D eigenvalue weighted by atomic mass is 10.1. The number of aryl methyl sites for hydroxylation is 3. The fourth-order valence-electron chi connectivity index (χ4n) is 2.85. The second-order valence-corrected chi connectivity index (χ2v) is 5.19. The summed E-state index contributed by atoms with van der Waals surface area (Å²) in [5.41, 5.74) is 4.84. The molecule has 0 bridgehead atoms. The van der Waals surface area contributed by atoms with Gasteiger partial charge in [-0.05, 0) is 42.5 Å². The van der Waals surface area contributed by atoms with Crippen LogP contribution in [0.2, 0.25) is 0 Å². The maximum absolute atomic E-state index is 4.33. The molecular weight excluding hydrogens is 250 g/mol. The van der Waals surface area contributed by atoms with E-state index in [2.05, 4.69) is 38.6 Å². The van der Waals surface area contributed by atoms with E-state index in [1.165, 1.54) is 30.4 Å². The fourth-order valence-corrected chi connectivity index (χ4v) is 2.85. The molecule has 0 atom stereocenters. The summed E-state index contributed by atoms with van der Waals surface area (Å²) >= 11 is 0. The molecule has 1 N–H and O–H groups in total. The molecule has 0 amide bonds. The number of fused-ring (bicyclic) bond motifs is 2. The molecule has 0 saturated carbocycles. The van der Waals surface area contributed by atoms with Crippen molar-refractivity contribution in [3.8, 4) is 0 Å². The van der Waals surface area contributed by atoms with Gasteiger partial charge in [0.1, 0.15) is 12.1 Å². The molecule has 2 heterocycles. The van der Waals surface area contributed by atoms with Crippen molar-refractivity contribution in [1.29, 1.82) is 0 Å². The van der Waals surface area contributed by atoms with Crippen molar-refractivity contribution in [2.24, 2.45) is 7.05 Å². The zero-order chi connectivity index (χ0) is 13.5. The Hall–Kier alpha value is -2.43. The lowest BCUT2D eigenvalue weighted by Crippen LogP contribution is -1.97. The van der Waals surface area contributed by atoms with E-state index in [-0.39, 0.29) is 0 Å². The molecule has 1 aromatic carbocycles. The Morgan fingerprint density at radius 1 is 1.15 bits per heavy atom. The summed E-state index contributed by atoms with van der Waals surface area (Å²) in [5, 5.41) is 8.56. The first-order valence-corrected chi connectivity index (χ1v) is 6.83. The zero-order valence-corrected chi connectivity index (χ0v) is 11.3. The Balaban J connectivity index is 1.74. The molecule has 3 aromatic rings. The van der Waals surface area contributed by atoms with Crippen LogP contribution in [-0.2, 0) is 19.9 Å². The highest BCUT2D eigenvalue weighted by Crippen LogP contribution is 2.27. The van der Waals surface area contributed by atoms with Crippen LogP contribution >= 0.6 is 0 Å². The van der Waals surface area contributed by atoms with Crippen molar-refractivity contribution in [2.45, 2.75) is 19.3 Å². The Kier molecular flexibility index (Phi) is 2.45. The van der Waals surface area contributed by atoms with Crippen molar-refractivity contribution in [3.05, 3.63) is 41.9 Å². The standard InChI is InChI=1S/C15H15N5/c1-20-15-13(8-18-20)14(16-9-17-15)19-12-6-5-10-3-2-4-11(10)7-12/h5-9H,2-4H2,1H3,(H,16,17,19). The molecule has 2 aromatic heterocycles. The second kappa shape index (κ2) is 4.30. The van der Waals surface area contributed by atoms with Gasteiger partial charge in [0.2, 0.25) is 0 Å². The average molecular weight is 265 g/mol. The van der Waals surface area contributed by atoms with Gasteiger partial charge in [0.15, 0.2) is 5.65 Å². The Morgan fingerprint density at radius 2 is 2.05 bits per heavy atom. The first-order chi connectivity index (χ1) is 9.81. The van der Waals surface area contributed by atoms with Crippen LogP contribution in [0.1, 0.15) is 17.5 Å². The number of nitrogens with one attached hydrogen (secondary N) is 1. The van der Waals surface area contributed by atoms with Crippen LogP contribution in [0.5, 0.6) is 0 Å². The Morgan fingerprint density at radius 3 is 3.00 bits per heavy atom. The molecule has 0 radical (unpaired) electrons. The topological polar surface area (TPSA) is 55.6 Å². The van der Waals surface area contributed by atoms with E-state index in [4.69, 9.17) is 0 Å². The largest absolute Gasteiger partial charge is 0.340 e. The van der Waals surface area contributed by atoms with E-state index in [1.54, 1.807) is 17.2 Å². The van der Waals surface area contributed by atoms with E-state index >= 15 is 0 Å². The Labute approximate surface area is 116 Å². The third-order valence-electron chi connectivity index (χ3n) is 3.89. The minimum absolute atomic E-state index is 0.807. The third-order valence-corrected chi connectivity index (χ3v) is 3.89. The number of aromatic nitrogens is 4. The van der Waals surface area contributed by atoms with E-state index in [0.717, 1.165) is 22.5 Å². The summed E-state index contributed by atoms with van der Waals surface area (Å²) < 4.78 is 1.75. The number of benzene rings is 1. The SMILES string of the molecule is Cn1ncc2c(Nc3ccc4c(c3)CCC4)ncnc21. The summed E-state index contributed by atoms with van der Waals surface area (Å²) in [5.74, 6) is 0.807. The molecule has 0 spiro atoms. The molecule has 0 fully saturated rings. The van der Waals surface area contributed by atoms with E-state index < -0.39 is 0 Å². The van der Waals surface area contributed by atoms with Gasteiger partial charge in [0.05, 0.1) is 11.6 Å². The van der Waals surface area contributed by atoms with Crippen molar-refractivity contribution in [2.75, 3.05) is 5.32 Å². The van der Waals surface area contributed by atoms with Crippen LogP contribution in [0.4, 0.5) is 11.5 Å². The van der Waals surface area contributed by atoms with Crippen LogP contribution in [0.3, 0.4) is 0 Å². The van der Waals surface area contributed by atoms with E-state index in [0.29, 0.717) is 0 Å². The summed E-state index contributed by atoms with van der Waals surface area (Å²) in [6, 6.07) is 6.56. The van der Waals surface area contributed by atoms with Crippen molar-refractivity contribution >= 4 is 22.5 Å². The lowest BCUT2D eigenvalue weighted by molar-refractivity contribution is 0.785. The minimum Gasteiger partial charge on any atom is -0.340 e. The van der Waals surface area contributed by atoms with Gasteiger partial charge in [-0.2, -0.15) is 5.10 Å². The summed E-state index contributed by atoms with van der Waals surface area (Å²) in [4.78, 5) is 8.58. The number of nitrogens with zero attached hydrogens (tertiary/aromatic N) is 4. The second-order valence-electron chi connectivity index (χ2n) is 5.19. The van der Waals surface area contributed by atoms with Gasteiger partial charge in [0.25, 0.3) is 0 Å². The van der Waals surface area contributed by atoms with E-state index in [1.807, 2.05) is 7.05 Å². The smallest absolute Gasteiger partial charge is 0.163 e.